The zero-order chi connectivity index (χ0) is 9.14. The summed E-state index contributed by atoms with van der Waals surface area (Å²) >= 11 is 0. The molecule has 1 heteroatoms. The Morgan fingerprint density at radius 3 is 2.50 bits per heavy atom. The fourth-order valence-corrected chi connectivity index (χ4v) is 1.25. The number of anilines is 1. The molecule has 0 unspecified atom stereocenters. The lowest BCUT2D eigenvalue weighted by Crippen LogP contribution is -1.94. The molecule has 0 saturated heterocycles. The molecule has 0 aliphatic rings. The Bertz CT molecular complexity index is 311. The van der Waals surface area contributed by atoms with Crippen molar-refractivity contribution in [1.82, 2.24) is 0 Å². The Morgan fingerprint density at radius 2 is 1.92 bits per heavy atom. The van der Waals surface area contributed by atoms with Gasteiger partial charge in [-0.2, -0.15) is 0 Å². The molecule has 1 aromatic rings. The summed E-state index contributed by atoms with van der Waals surface area (Å²) in [7, 11) is 0. The molecule has 1 rings (SSSR count). The van der Waals surface area contributed by atoms with Gasteiger partial charge in [0.2, 0.25) is 0 Å². The molecule has 0 fully saturated rings. The van der Waals surface area contributed by atoms with Crippen LogP contribution in [0.4, 0.5) is 5.69 Å². The minimum atomic E-state index is 0.858. The van der Waals surface area contributed by atoms with Gasteiger partial charge in [0.05, 0.1) is 0 Å². The van der Waals surface area contributed by atoms with Gasteiger partial charge in [0.25, 0.3) is 0 Å². The lowest BCUT2D eigenvalue weighted by molar-refractivity contribution is 1.33. The predicted molar refractivity (Wildman–Crippen MR) is 55.0 cm³/mol. The molecule has 64 valence electrons. The summed E-state index contributed by atoms with van der Waals surface area (Å²) in [5.41, 5.74) is 10.4. The number of allylic oxidation sites excluding steroid dienone is 1. The average molecular weight is 161 g/mol. The van der Waals surface area contributed by atoms with E-state index < -0.39 is 0 Å². The van der Waals surface area contributed by atoms with E-state index in [9.17, 15) is 0 Å². The summed E-state index contributed by atoms with van der Waals surface area (Å²) in [6.45, 7) is 6.20. The van der Waals surface area contributed by atoms with Gasteiger partial charge in [-0.1, -0.05) is 18.2 Å². The molecule has 0 amide bonds. The number of hydrogen-bond acceptors (Lipinski definition) is 1. The van der Waals surface area contributed by atoms with Gasteiger partial charge in [-0.15, -0.1) is 0 Å². The largest absolute Gasteiger partial charge is 0.398 e. The number of benzene rings is 1. The fraction of sp³-hybridized carbons (Fsp3) is 0.273. The van der Waals surface area contributed by atoms with Gasteiger partial charge in [0, 0.05) is 11.3 Å². The molecule has 0 atom stereocenters. The quantitative estimate of drug-likeness (QED) is 0.630. The Hall–Kier alpha value is -1.24. The summed E-state index contributed by atoms with van der Waals surface area (Å²) < 4.78 is 0. The van der Waals surface area contributed by atoms with Gasteiger partial charge < -0.3 is 5.73 Å². The van der Waals surface area contributed by atoms with Crippen LogP contribution in [0.5, 0.6) is 0 Å². The normalized spacial score (nSPS) is 10.9. The predicted octanol–water partition coefficient (Wildman–Crippen LogP) is 2.92. The second kappa shape index (κ2) is 3.44. The second-order valence-electron chi connectivity index (χ2n) is 3.01. The van der Waals surface area contributed by atoms with E-state index in [0.717, 1.165) is 11.3 Å². The minimum absolute atomic E-state index is 0.858. The van der Waals surface area contributed by atoms with E-state index in [0.29, 0.717) is 0 Å². The highest BCUT2D eigenvalue weighted by molar-refractivity contribution is 5.68. The Labute approximate surface area is 73.9 Å². The molecule has 1 nitrogen and oxygen atoms in total. The zero-order valence-electron chi connectivity index (χ0n) is 7.89. The summed E-state index contributed by atoms with van der Waals surface area (Å²) in [6.07, 6.45) is 4.07. The van der Waals surface area contributed by atoms with Crippen LogP contribution < -0.4 is 5.73 Å². The van der Waals surface area contributed by atoms with Gasteiger partial charge in [0.1, 0.15) is 0 Å². The maximum Gasteiger partial charge on any atom is 0.0390 e. The van der Waals surface area contributed by atoms with Crippen LogP contribution in [0, 0.1) is 13.8 Å². The third-order valence-electron chi connectivity index (χ3n) is 2.15. The van der Waals surface area contributed by atoms with Gasteiger partial charge in [-0.25, -0.2) is 0 Å². The average Bonchev–Trinajstić information content (AvgIpc) is 2.06. The van der Waals surface area contributed by atoms with Crippen molar-refractivity contribution in [3.05, 3.63) is 34.9 Å². The topological polar surface area (TPSA) is 26.0 Å². The second-order valence-corrected chi connectivity index (χ2v) is 3.01. The first-order valence-electron chi connectivity index (χ1n) is 4.15. The van der Waals surface area contributed by atoms with Crippen molar-refractivity contribution >= 4 is 11.8 Å². The van der Waals surface area contributed by atoms with E-state index in [1.807, 2.05) is 19.1 Å². The van der Waals surface area contributed by atoms with Crippen LogP contribution in [0.2, 0.25) is 0 Å². The molecule has 0 spiro atoms. The van der Waals surface area contributed by atoms with Gasteiger partial charge in [-0.05, 0) is 38.0 Å². The lowest BCUT2D eigenvalue weighted by atomic mass is 10.0. The highest BCUT2D eigenvalue weighted by Crippen LogP contribution is 2.21. The first kappa shape index (κ1) is 8.85. The third kappa shape index (κ3) is 1.50. The van der Waals surface area contributed by atoms with Crippen LogP contribution in [0.1, 0.15) is 23.6 Å². The van der Waals surface area contributed by atoms with Crippen LogP contribution in [0.25, 0.3) is 6.08 Å². The first-order valence-corrected chi connectivity index (χ1v) is 4.15. The van der Waals surface area contributed by atoms with Gasteiger partial charge in [-0.3, -0.25) is 0 Å². The van der Waals surface area contributed by atoms with Crippen molar-refractivity contribution in [2.45, 2.75) is 20.8 Å². The molecule has 1 aromatic carbocycles. The van der Waals surface area contributed by atoms with Crippen LogP contribution in [-0.4, -0.2) is 0 Å². The highest BCUT2D eigenvalue weighted by atomic mass is 14.6. The number of hydrogen-bond donors (Lipinski definition) is 1. The number of aryl methyl sites for hydroxylation is 1. The lowest BCUT2D eigenvalue weighted by Gasteiger charge is -2.07. The summed E-state index contributed by atoms with van der Waals surface area (Å²) in [6, 6.07) is 4.01. The van der Waals surface area contributed by atoms with E-state index in [2.05, 4.69) is 26.0 Å². The van der Waals surface area contributed by atoms with Crippen LogP contribution in [-0.2, 0) is 0 Å². The fourth-order valence-electron chi connectivity index (χ4n) is 1.25. The molecule has 12 heavy (non-hydrogen) atoms. The summed E-state index contributed by atoms with van der Waals surface area (Å²) in [5.74, 6) is 0. The molecule has 0 aliphatic carbocycles. The van der Waals surface area contributed by atoms with Crippen molar-refractivity contribution in [3.63, 3.8) is 0 Å². The molecular weight excluding hydrogens is 146 g/mol. The first-order chi connectivity index (χ1) is 5.66. The molecule has 2 N–H and O–H groups in total. The zero-order valence-corrected chi connectivity index (χ0v) is 7.89. The number of nitrogen functional groups attached to an aromatic ring is 1. The van der Waals surface area contributed by atoms with Gasteiger partial charge in [0.15, 0.2) is 0 Å². The Morgan fingerprint density at radius 1 is 1.25 bits per heavy atom. The van der Waals surface area contributed by atoms with E-state index >= 15 is 0 Å². The maximum absolute atomic E-state index is 5.83. The Kier molecular flexibility index (Phi) is 2.54. The highest BCUT2D eigenvalue weighted by Gasteiger charge is 2.00. The molecule has 0 heterocycles. The molecule has 0 aromatic heterocycles. The molecular formula is C11H15N. The van der Waals surface area contributed by atoms with E-state index in [-0.39, 0.29) is 0 Å². The van der Waals surface area contributed by atoms with Crippen LogP contribution in [0.15, 0.2) is 18.2 Å². The maximum atomic E-state index is 5.83. The molecule has 0 saturated carbocycles. The molecule has 0 aliphatic heterocycles. The van der Waals surface area contributed by atoms with Crippen molar-refractivity contribution < 1.29 is 0 Å². The molecule has 0 bridgehead atoms. The Balaban J connectivity index is 3.32. The standard InChI is InChI=1S/C11H15N/c1-4-5-10-9(3)8(2)6-7-11(10)12/h4-7H,12H2,1-3H3/b5-4-. The van der Waals surface area contributed by atoms with Crippen molar-refractivity contribution in [2.24, 2.45) is 0 Å². The van der Waals surface area contributed by atoms with E-state index in [1.54, 1.807) is 0 Å². The summed E-state index contributed by atoms with van der Waals surface area (Å²) in [4.78, 5) is 0. The monoisotopic (exact) mass is 161 g/mol. The van der Waals surface area contributed by atoms with E-state index in [1.165, 1.54) is 11.1 Å². The third-order valence-corrected chi connectivity index (χ3v) is 2.15. The van der Waals surface area contributed by atoms with Crippen molar-refractivity contribution in [1.29, 1.82) is 0 Å². The van der Waals surface area contributed by atoms with Crippen molar-refractivity contribution in [3.8, 4) is 0 Å². The minimum Gasteiger partial charge on any atom is -0.398 e. The van der Waals surface area contributed by atoms with Crippen LogP contribution in [0.3, 0.4) is 0 Å². The SMILES string of the molecule is C/C=C\c1c(N)ccc(C)c1C. The van der Waals surface area contributed by atoms with Crippen LogP contribution >= 0.6 is 0 Å². The smallest absolute Gasteiger partial charge is 0.0390 e. The summed E-state index contributed by atoms with van der Waals surface area (Å²) in [5, 5.41) is 0. The molecule has 0 radical (unpaired) electrons. The number of rotatable bonds is 1. The van der Waals surface area contributed by atoms with E-state index in [4.69, 9.17) is 5.73 Å². The van der Waals surface area contributed by atoms with Gasteiger partial charge >= 0.3 is 0 Å². The van der Waals surface area contributed by atoms with Crippen molar-refractivity contribution in [2.75, 3.05) is 5.73 Å². The number of nitrogens with two attached hydrogens (primary N) is 1.